The molecule has 1 aromatic rings. The van der Waals surface area contributed by atoms with Crippen LogP contribution in [-0.4, -0.2) is 6.29 Å². The lowest BCUT2D eigenvalue weighted by Crippen LogP contribution is -2.32. The number of carbonyl (C=O) groups excluding carboxylic acids is 1. The van der Waals surface area contributed by atoms with Crippen molar-refractivity contribution in [3.8, 4) is 0 Å². The second-order valence-corrected chi connectivity index (χ2v) is 4.75. The maximum Gasteiger partial charge on any atom is 0.130 e. The number of hydrogen-bond donors (Lipinski definition) is 0. The molecule has 2 rings (SSSR count). The van der Waals surface area contributed by atoms with Gasteiger partial charge in [0.1, 0.15) is 6.29 Å². The maximum absolute atomic E-state index is 11.4. The highest BCUT2D eigenvalue weighted by Gasteiger charge is 2.37. The Labute approximate surface area is 91.5 Å². The molecule has 1 aliphatic rings. The van der Waals surface area contributed by atoms with Crippen LogP contribution in [0, 0.1) is 5.92 Å². The lowest BCUT2D eigenvalue weighted by Gasteiger charge is -2.30. The van der Waals surface area contributed by atoms with Crippen molar-refractivity contribution in [3.63, 3.8) is 0 Å². The summed E-state index contributed by atoms with van der Waals surface area (Å²) in [6.07, 6.45) is 6.11. The SMILES string of the molecule is CC(C=O)(c1ccccc1)C1CCCC1. The Morgan fingerprint density at radius 2 is 1.80 bits per heavy atom. The molecule has 0 aliphatic heterocycles. The van der Waals surface area contributed by atoms with E-state index in [1.165, 1.54) is 31.2 Å². The zero-order chi connectivity index (χ0) is 10.7. The molecule has 1 heteroatoms. The lowest BCUT2D eigenvalue weighted by atomic mass is 9.72. The third-order valence-electron chi connectivity index (χ3n) is 3.84. The van der Waals surface area contributed by atoms with Gasteiger partial charge in [0.15, 0.2) is 0 Å². The van der Waals surface area contributed by atoms with Gasteiger partial charge in [-0.3, -0.25) is 0 Å². The van der Waals surface area contributed by atoms with Gasteiger partial charge in [-0.25, -0.2) is 0 Å². The van der Waals surface area contributed by atoms with Gasteiger partial charge in [0, 0.05) is 0 Å². The summed E-state index contributed by atoms with van der Waals surface area (Å²) in [5.74, 6) is 0.539. The zero-order valence-electron chi connectivity index (χ0n) is 9.28. The van der Waals surface area contributed by atoms with E-state index in [2.05, 4.69) is 19.1 Å². The molecule has 1 nitrogen and oxygen atoms in total. The van der Waals surface area contributed by atoms with E-state index in [0.717, 1.165) is 6.29 Å². The van der Waals surface area contributed by atoms with Crippen LogP contribution in [0.2, 0.25) is 0 Å². The number of aldehydes is 1. The van der Waals surface area contributed by atoms with Crippen LogP contribution in [-0.2, 0) is 10.2 Å². The lowest BCUT2D eigenvalue weighted by molar-refractivity contribution is -0.113. The first kappa shape index (κ1) is 10.4. The van der Waals surface area contributed by atoms with Crippen molar-refractivity contribution in [3.05, 3.63) is 35.9 Å². The van der Waals surface area contributed by atoms with Crippen molar-refractivity contribution >= 4 is 6.29 Å². The second kappa shape index (κ2) is 4.18. The van der Waals surface area contributed by atoms with Gasteiger partial charge in [0.25, 0.3) is 0 Å². The van der Waals surface area contributed by atoms with Gasteiger partial charge in [-0.05, 0) is 31.2 Å². The molecular weight excluding hydrogens is 184 g/mol. The van der Waals surface area contributed by atoms with E-state index < -0.39 is 0 Å². The molecule has 0 radical (unpaired) electrons. The van der Waals surface area contributed by atoms with E-state index in [9.17, 15) is 4.79 Å². The van der Waals surface area contributed by atoms with Crippen LogP contribution in [0.5, 0.6) is 0 Å². The first-order valence-corrected chi connectivity index (χ1v) is 5.79. The molecule has 0 aromatic heterocycles. The summed E-state index contributed by atoms with van der Waals surface area (Å²) in [5.41, 5.74) is 0.907. The zero-order valence-corrected chi connectivity index (χ0v) is 9.28. The molecule has 0 heterocycles. The van der Waals surface area contributed by atoms with Crippen LogP contribution in [0.1, 0.15) is 38.2 Å². The quantitative estimate of drug-likeness (QED) is 0.687. The van der Waals surface area contributed by atoms with Gasteiger partial charge in [-0.2, -0.15) is 0 Å². The number of hydrogen-bond acceptors (Lipinski definition) is 1. The normalized spacial score (nSPS) is 21.1. The van der Waals surface area contributed by atoms with E-state index in [1.807, 2.05) is 18.2 Å². The molecule has 1 fully saturated rings. The van der Waals surface area contributed by atoms with E-state index >= 15 is 0 Å². The molecule has 0 spiro atoms. The van der Waals surface area contributed by atoms with Crippen molar-refractivity contribution in [2.24, 2.45) is 5.92 Å². The Morgan fingerprint density at radius 1 is 1.20 bits per heavy atom. The summed E-state index contributed by atoms with van der Waals surface area (Å²) in [4.78, 5) is 11.4. The molecule has 1 aliphatic carbocycles. The van der Waals surface area contributed by atoms with Gasteiger partial charge >= 0.3 is 0 Å². The van der Waals surface area contributed by atoms with E-state index in [-0.39, 0.29) is 5.41 Å². The van der Waals surface area contributed by atoms with Crippen LogP contribution in [0.4, 0.5) is 0 Å². The van der Waals surface area contributed by atoms with Gasteiger partial charge in [0.2, 0.25) is 0 Å². The fraction of sp³-hybridized carbons (Fsp3) is 0.500. The van der Waals surface area contributed by atoms with Gasteiger partial charge in [0.05, 0.1) is 5.41 Å². The maximum atomic E-state index is 11.4. The standard InChI is InChI=1S/C14H18O/c1-14(11-15,13-9-5-6-10-13)12-7-3-2-4-8-12/h2-4,7-8,11,13H,5-6,9-10H2,1H3. The Hall–Kier alpha value is -1.11. The summed E-state index contributed by atoms with van der Waals surface area (Å²) >= 11 is 0. The molecule has 15 heavy (non-hydrogen) atoms. The molecule has 1 atom stereocenters. The minimum atomic E-state index is -0.266. The summed E-state index contributed by atoms with van der Waals surface area (Å²) in [7, 11) is 0. The molecule has 1 saturated carbocycles. The minimum absolute atomic E-state index is 0.266. The summed E-state index contributed by atoms with van der Waals surface area (Å²) in [5, 5.41) is 0. The van der Waals surface area contributed by atoms with E-state index in [1.54, 1.807) is 0 Å². The molecule has 1 unspecified atom stereocenters. The van der Waals surface area contributed by atoms with Crippen LogP contribution in [0.15, 0.2) is 30.3 Å². The Bertz CT molecular complexity index is 324. The highest BCUT2D eigenvalue weighted by atomic mass is 16.1. The summed E-state index contributed by atoms with van der Waals surface area (Å²) in [6, 6.07) is 10.2. The Kier molecular flexibility index (Phi) is 2.90. The monoisotopic (exact) mass is 202 g/mol. The predicted octanol–water partition coefficient (Wildman–Crippen LogP) is 3.33. The highest BCUT2D eigenvalue weighted by Crippen LogP contribution is 2.40. The Balaban J connectivity index is 2.32. The fourth-order valence-corrected chi connectivity index (χ4v) is 2.72. The first-order chi connectivity index (χ1) is 7.27. The molecule has 0 bridgehead atoms. The number of carbonyl (C=O) groups is 1. The predicted molar refractivity (Wildman–Crippen MR) is 61.8 cm³/mol. The van der Waals surface area contributed by atoms with Crippen LogP contribution < -0.4 is 0 Å². The molecule has 1 aromatic carbocycles. The smallest absolute Gasteiger partial charge is 0.130 e. The van der Waals surface area contributed by atoms with Gasteiger partial charge < -0.3 is 4.79 Å². The molecule has 0 amide bonds. The van der Waals surface area contributed by atoms with Crippen molar-refractivity contribution in [2.45, 2.75) is 38.0 Å². The van der Waals surface area contributed by atoms with Gasteiger partial charge in [-0.1, -0.05) is 43.2 Å². The molecule has 0 N–H and O–H groups in total. The average molecular weight is 202 g/mol. The summed E-state index contributed by atoms with van der Waals surface area (Å²) in [6.45, 7) is 2.09. The van der Waals surface area contributed by atoms with Gasteiger partial charge in [-0.15, -0.1) is 0 Å². The highest BCUT2D eigenvalue weighted by molar-refractivity contribution is 5.68. The molecule has 80 valence electrons. The number of benzene rings is 1. The molecular formula is C14H18O. The van der Waals surface area contributed by atoms with Crippen molar-refractivity contribution in [1.29, 1.82) is 0 Å². The van der Waals surface area contributed by atoms with Crippen LogP contribution in [0.25, 0.3) is 0 Å². The molecule has 0 saturated heterocycles. The summed E-state index contributed by atoms with van der Waals surface area (Å²) < 4.78 is 0. The van der Waals surface area contributed by atoms with Crippen molar-refractivity contribution in [2.75, 3.05) is 0 Å². The largest absolute Gasteiger partial charge is 0.302 e. The third-order valence-corrected chi connectivity index (χ3v) is 3.84. The van der Waals surface area contributed by atoms with E-state index in [0.29, 0.717) is 5.92 Å². The number of rotatable bonds is 3. The van der Waals surface area contributed by atoms with Crippen molar-refractivity contribution in [1.82, 2.24) is 0 Å². The van der Waals surface area contributed by atoms with Crippen molar-refractivity contribution < 1.29 is 4.79 Å². The third kappa shape index (κ3) is 1.83. The van der Waals surface area contributed by atoms with Crippen LogP contribution in [0.3, 0.4) is 0 Å². The first-order valence-electron chi connectivity index (χ1n) is 5.79. The fourth-order valence-electron chi connectivity index (χ4n) is 2.72. The minimum Gasteiger partial charge on any atom is -0.302 e. The Morgan fingerprint density at radius 3 is 2.33 bits per heavy atom. The van der Waals surface area contributed by atoms with Crippen LogP contribution >= 0.6 is 0 Å². The van der Waals surface area contributed by atoms with E-state index in [4.69, 9.17) is 0 Å². The second-order valence-electron chi connectivity index (χ2n) is 4.75. The topological polar surface area (TPSA) is 17.1 Å². The average Bonchev–Trinajstić information content (AvgIpc) is 2.83.